The molecule has 4 nitrogen and oxygen atoms in total. The molecular weight excluding hydrogens is 424 g/mol. The molecule has 1 aliphatic heterocycles. The van der Waals surface area contributed by atoms with Crippen molar-refractivity contribution in [2.45, 2.75) is 52.4 Å². The minimum absolute atomic E-state index is 0.0973. The topological polar surface area (TPSA) is 49.4 Å². The van der Waals surface area contributed by atoms with E-state index >= 15 is 0 Å². The Kier molecular flexibility index (Phi) is 5.51. The van der Waals surface area contributed by atoms with Crippen molar-refractivity contribution in [2.24, 2.45) is 5.41 Å². The summed E-state index contributed by atoms with van der Waals surface area (Å²) in [4.78, 5) is 27.5. The third-order valence-corrected chi connectivity index (χ3v) is 6.43. The van der Waals surface area contributed by atoms with Gasteiger partial charge in [-0.15, -0.1) is 0 Å². The van der Waals surface area contributed by atoms with Crippen molar-refractivity contribution in [3.63, 3.8) is 0 Å². The monoisotopic (exact) mass is 448 g/mol. The van der Waals surface area contributed by atoms with Crippen molar-refractivity contribution in [3.8, 4) is 0 Å². The average molecular weight is 448 g/mol. The van der Waals surface area contributed by atoms with Crippen molar-refractivity contribution in [1.82, 2.24) is 10.2 Å². The third-order valence-electron chi connectivity index (χ3n) is 6.43. The number of benzene rings is 2. The maximum atomic E-state index is 13.8. The number of amides is 2. The summed E-state index contributed by atoms with van der Waals surface area (Å²) >= 11 is 0. The summed E-state index contributed by atoms with van der Waals surface area (Å²) in [5.41, 5.74) is 1.74. The number of halogens is 4. The Balaban J connectivity index is 1.49. The minimum atomic E-state index is -4.77. The third kappa shape index (κ3) is 4.23. The molecular formula is C24H24F4N2O2. The van der Waals surface area contributed by atoms with Crippen molar-refractivity contribution in [2.75, 3.05) is 6.54 Å². The second-order valence-electron chi connectivity index (χ2n) is 8.93. The standard InChI is InChI=1S/C24H24F4N2O2/c1-14-3-5-16-13-30(22(32)23(2)8-9-23)10-7-17(16)20(14)21(31)29-12-15-4-6-18(19(25)11-15)24(26,27)28/h3-6,11H,7-10,12-13H2,1-2H3,(H,29,31). The highest BCUT2D eigenvalue weighted by atomic mass is 19.4. The van der Waals surface area contributed by atoms with Crippen LogP contribution in [0.5, 0.6) is 0 Å². The van der Waals surface area contributed by atoms with Crippen LogP contribution >= 0.6 is 0 Å². The second-order valence-corrected chi connectivity index (χ2v) is 8.93. The summed E-state index contributed by atoms with van der Waals surface area (Å²) in [5, 5.41) is 2.69. The molecule has 0 saturated heterocycles. The van der Waals surface area contributed by atoms with E-state index < -0.39 is 17.6 Å². The zero-order valence-electron chi connectivity index (χ0n) is 17.9. The lowest BCUT2D eigenvalue weighted by molar-refractivity contribution is -0.140. The smallest absolute Gasteiger partial charge is 0.348 e. The fourth-order valence-electron chi connectivity index (χ4n) is 4.21. The maximum absolute atomic E-state index is 13.8. The molecule has 2 amide bonds. The van der Waals surface area contributed by atoms with Crippen LogP contribution in [0.1, 0.15) is 57.9 Å². The van der Waals surface area contributed by atoms with Crippen LogP contribution in [0, 0.1) is 18.2 Å². The Morgan fingerprint density at radius 1 is 1.16 bits per heavy atom. The lowest BCUT2D eigenvalue weighted by atomic mass is 9.90. The number of carbonyl (C=O) groups excluding carboxylic acids is 2. The SMILES string of the molecule is Cc1ccc2c(c1C(=O)NCc1ccc(C(F)(F)F)c(F)c1)CCN(C(=O)C1(C)CC1)C2. The van der Waals surface area contributed by atoms with E-state index in [1.807, 2.05) is 30.9 Å². The van der Waals surface area contributed by atoms with Gasteiger partial charge < -0.3 is 10.2 Å². The Labute approximate surface area is 183 Å². The number of carbonyl (C=O) groups is 2. The van der Waals surface area contributed by atoms with Gasteiger partial charge in [0.2, 0.25) is 5.91 Å². The summed E-state index contributed by atoms with van der Waals surface area (Å²) in [6.45, 7) is 4.68. The van der Waals surface area contributed by atoms with Crippen LogP contribution in [0.25, 0.3) is 0 Å². The lowest BCUT2D eigenvalue weighted by Crippen LogP contribution is -2.40. The number of hydrogen-bond donors (Lipinski definition) is 1. The zero-order valence-corrected chi connectivity index (χ0v) is 17.9. The largest absolute Gasteiger partial charge is 0.419 e. The summed E-state index contributed by atoms with van der Waals surface area (Å²) < 4.78 is 52.0. The Hall–Kier alpha value is -2.90. The first-order chi connectivity index (χ1) is 15.0. The van der Waals surface area contributed by atoms with Crippen LogP contribution in [-0.4, -0.2) is 23.3 Å². The van der Waals surface area contributed by atoms with Crippen molar-refractivity contribution >= 4 is 11.8 Å². The molecule has 4 rings (SSSR count). The summed E-state index contributed by atoms with van der Waals surface area (Å²) in [6, 6.07) is 6.39. The normalized spacial score (nSPS) is 17.0. The van der Waals surface area contributed by atoms with Gasteiger partial charge in [-0.3, -0.25) is 9.59 Å². The van der Waals surface area contributed by atoms with Crippen LogP contribution in [0.2, 0.25) is 0 Å². The van der Waals surface area contributed by atoms with E-state index in [4.69, 9.17) is 0 Å². The molecule has 32 heavy (non-hydrogen) atoms. The zero-order chi connectivity index (χ0) is 23.3. The molecule has 0 bridgehead atoms. The first kappa shape index (κ1) is 22.3. The average Bonchev–Trinajstić information content (AvgIpc) is 3.48. The highest BCUT2D eigenvalue weighted by molar-refractivity contribution is 5.97. The lowest BCUT2D eigenvalue weighted by Gasteiger charge is -2.32. The van der Waals surface area contributed by atoms with Gasteiger partial charge in [0.15, 0.2) is 0 Å². The number of nitrogens with zero attached hydrogens (tertiary/aromatic N) is 1. The number of aryl methyl sites for hydroxylation is 1. The van der Waals surface area contributed by atoms with Gasteiger partial charge in [-0.05, 0) is 60.6 Å². The first-order valence-electron chi connectivity index (χ1n) is 10.5. The van der Waals surface area contributed by atoms with Crippen LogP contribution in [0.15, 0.2) is 30.3 Å². The van der Waals surface area contributed by atoms with E-state index in [0.717, 1.165) is 41.7 Å². The molecule has 0 aromatic heterocycles. The maximum Gasteiger partial charge on any atom is 0.419 e. The molecule has 1 saturated carbocycles. The van der Waals surface area contributed by atoms with Gasteiger partial charge in [-0.1, -0.05) is 25.1 Å². The molecule has 0 unspecified atom stereocenters. The fourth-order valence-corrected chi connectivity index (χ4v) is 4.21. The molecule has 2 aromatic rings. The van der Waals surface area contributed by atoms with E-state index in [-0.39, 0.29) is 29.3 Å². The molecule has 1 heterocycles. The number of alkyl halides is 3. The summed E-state index contributed by atoms with van der Waals surface area (Å²) in [6.07, 6.45) is -2.41. The minimum Gasteiger partial charge on any atom is -0.348 e. The van der Waals surface area contributed by atoms with Crippen LogP contribution in [-0.2, 0) is 30.5 Å². The van der Waals surface area contributed by atoms with E-state index in [0.29, 0.717) is 31.1 Å². The fraction of sp³-hybridized carbons (Fsp3) is 0.417. The molecule has 1 fully saturated rings. The van der Waals surface area contributed by atoms with Gasteiger partial charge in [0.25, 0.3) is 5.91 Å². The second kappa shape index (κ2) is 7.90. The Morgan fingerprint density at radius 2 is 1.88 bits per heavy atom. The van der Waals surface area contributed by atoms with E-state index in [9.17, 15) is 27.2 Å². The van der Waals surface area contributed by atoms with E-state index in [1.165, 1.54) is 0 Å². The van der Waals surface area contributed by atoms with Gasteiger partial charge in [-0.2, -0.15) is 13.2 Å². The molecule has 1 N–H and O–H groups in total. The number of rotatable bonds is 4. The van der Waals surface area contributed by atoms with E-state index in [1.54, 1.807) is 0 Å². The van der Waals surface area contributed by atoms with Gasteiger partial charge >= 0.3 is 6.18 Å². The van der Waals surface area contributed by atoms with Crippen molar-refractivity contribution < 1.29 is 27.2 Å². The summed E-state index contributed by atoms with van der Waals surface area (Å²) in [5.74, 6) is -1.58. The molecule has 2 aliphatic rings. The molecule has 170 valence electrons. The first-order valence-corrected chi connectivity index (χ1v) is 10.5. The van der Waals surface area contributed by atoms with Gasteiger partial charge in [0, 0.05) is 30.6 Å². The quantitative estimate of drug-likeness (QED) is 0.686. The number of nitrogens with one attached hydrogen (secondary N) is 1. The predicted octanol–water partition coefficient (Wildman–Crippen LogP) is 4.77. The van der Waals surface area contributed by atoms with Crippen LogP contribution in [0.3, 0.4) is 0 Å². The Bertz CT molecular complexity index is 1090. The molecule has 0 atom stereocenters. The van der Waals surface area contributed by atoms with Gasteiger partial charge in [0.1, 0.15) is 5.82 Å². The van der Waals surface area contributed by atoms with Gasteiger partial charge in [-0.25, -0.2) is 4.39 Å². The van der Waals surface area contributed by atoms with Crippen molar-refractivity contribution in [3.05, 3.63) is 69.5 Å². The molecule has 0 radical (unpaired) electrons. The summed E-state index contributed by atoms with van der Waals surface area (Å²) in [7, 11) is 0. The van der Waals surface area contributed by atoms with E-state index in [2.05, 4.69) is 5.32 Å². The highest BCUT2D eigenvalue weighted by Crippen LogP contribution is 2.47. The predicted molar refractivity (Wildman–Crippen MR) is 110 cm³/mol. The Morgan fingerprint density at radius 3 is 2.50 bits per heavy atom. The van der Waals surface area contributed by atoms with Crippen molar-refractivity contribution in [1.29, 1.82) is 0 Å². The molecule has 1 aliphatic carbocycles. The number of fused-ring (bicyclic) bond motifs is 1. The molecule has 0 spiro atoms. The highest BCUT2D eigenvalue weighted by Gasteiger charge is 2.47. The van der Waals surface area contributed by atoms with Crippen LogP contribution in [0.4, 0.5) is 17.6 Å². The number of hydrogen-bond acceptors (Lipinski definition) is 2. The molecule has 2 aromatic carbocycles. The molecule has 8 heteroatoms. The van der Waals surface area contributed by atoms with Gasteiger partial charge in [0.05, 0.1) is 5.56 Å². The van der Waals surface area contributed by atoms with Crippen LogP contribution < -0.4 is 5.32 Å².